The number of hydrogen-bond donors (Lipinski definition) is 1. The van der Waals surface area contributed by atoms with Gasteiger partial charge in [-0.25, -0.2) is 9.59 Å². The molecule has 1 aliphatic rings. The molecule has 1 saturated heterocycles. The summed E-state index contributed by atoms with van der Waals surface area (Å²) in [5.74, 6) is -1.03. The van der Waals surface area contributed by atoms with E-state index in [-0.39, 0.29) is 12.7 Å². The molecule has 0 saturated carbocycles. The van der Waals surface area contributed by atoms with Crippen molar-refractivity contribution in [2.45, 2.75) is 37.9 Å². The molecule has 1 N–H and O–H groups in total. The molecule has 1 aromatic heterocycles. The maximum atomic E-state index is 12.6. The largest absolute Gasteiger partial charge is 0.480 e. The topological polar surface area (TPSA) is 89.0 Å². The minimum Gasteiger partial charge on any atom is -0.480 e. The zero-order valence-electron chi connectivity index (χ0n) is 16.6. The van der Waals surface area contributed by atoms with Gasteiger partial charge in [-0.2, -0.15) is 0 Å². The summed E-state index contributed by atoms with van der Waals surface area (Å²) in [6, 6.07) is 13.2. The average Bonchev–Trinajstić information content (AvgIpc) is 2.73. The highest BCUT2D eigenvalue weighted by Crippen LogP contribution is 2.36. The van der Waals surface area contributed by atoms with E-state index < -0.39 is 18.2 Å². The molecule has 160 valence electrons. The van der Waals surface area contributed by atoms with Crippen LogP contribution in [0.4, 0.5) is 4.79 Å². The number of benzene rings is 1. The summed E-state index contributed by atoms with van der Waals surface area (Å²) in [5, 5.41) is 9.16. The van der Waals surface area contributed by atoms with Gasteiger partial charge in [0, 0.05) is 23.8 Å². The van der Waals surface area contributed by atoms with Gasteiger partial charge in [-0.05, 0) is 59.3 Å². The molecule has 2 heterocycles. The first-order valence-corrected chi connectivity index (χ1v) is 10.7. The number of aliphatic carboxylic acids is 1. The molecular weight excluding hydrogens is 452 g/mol. The Hall–Kier alpha value is -2.45. The van der Waals surface area contributed by atoms with Crippen molar-refractivity contribution in [3.8, 4) is 0 Å². The van der Waals surface area contributed by atoms with E-state index in [1.807, 2.05) is 42.5 Å². The molecular formula is C22H25BrN2O5. The van der Waals surface area contributed by atoms with Crippen molar-refractivity contribution in [3.63, 3.8) is 0 Å². The lowest BCUT2D eigenvalue weighted by Crippen LogP contribution is -2.42. The molecule has 1 aliphatic heterocycles. The number of ether oxygens (including phenoxy) is 2. The van der Waals surface area contributed by atoms with Gasteiger partial charge in [0.15, 0.2) is 0 Å². The Bertz CT molecular complexity index is 846. The van der Waals surface area contributed by atoms with Crippen molar-refractivity contribution in [1.29, 1.82) is 0 Å². The van der Waals surface area contributed by atoms with Gasteiger partial charge in [0.05, 0.1) is 5.69 Å². The van der Waals surface area contributed by atoms with Crippen LogP contribution in [0.2, 0.25) is 0 Å². The number of rotatable bonds is 6. The Labute approximate surface area is 184 Å². The van der Waals surface area contributed by atoms with Crippen LogP contribution in [0.5, 0.6) is 0 Å². The van der Waals surface area contributed by atoms with Crippen molar-refractivity contribution in [2.24, 2.45) is 0 Å². The first-order chi connectivity index (χ1) is 14.5. The van der Waals surface area contributed by atoms with Crippen LogP contribution < -0.4 is 0 Å². The molecule has 1 atom stereocenters. The first-order valence-electron chi connectivity index (χ1n) is 9.92. The lowest BCUT2D eigenvalue weighted by molar-refractivity contribution is -0.153. The van der Waals surface area contributed by atoms with Crippen LogP contribution in [0.25, 0.3) is 0 Å². The second-order valence-corrected chi connectivity index (χ2v) is 8.19. The number of hydrogen-bond acceptors (Lipinski definition) is 5. The monoisotopic (exact) mass is 476 g/mol. The average molecular weight is 477 g/mol. The fourth-order valence-corrected chi connectivity index (χ4v) is 3.81. The Morgan fingerprint density at radius 3 is 2.60 bits per heavy atom. The van der Waals surface area contributed by atoms with Gasteiger partial charge < -0.3 is 19.5 Å². The molecule has 0 aliphatic carbocycles. The quantitative estimate of drug-likeness (QED) is 0.666. The molecule has 0 spiro atoms. The molecule has 0 radical (unpaired) electrons. The molecule has 7 nitrogen and oxygen atoms in total. The first kappa shape index (κ1) is 22.2. The second-order valence-electron chi connectivity index (χ2n) is 7.27. The summed E-state index contributed by atoms with van der Waals surface area (Å²) >= 11 is 3.38. The highest BCUT2D eigenvalue weighted by atomic mass is 79.9. The predicted molar refractivity (Wildman–Crippen MR) is 114 cm³/mol. The van der Waals surface area contributed by atoms with Crippen molar-refractivity contribution in [1.82, 2.24) is 9.88 Å². The van der Waals surface area contributed by atoms with Gasteiger partial charge in [0.25, 0.3) is 0 Å². The van der Waals surface area contributed by atoms with Crippen LogP contribution >= 0.6 is 15.9 Å². The van der Waals surface area contributed by atoms with Crippen molar-refractivity contribution in [3.05, 3.63) is 64.4 Å². The number of aromatic nitrogens is 1. The van der Waals surface area contributed by atoms with E-state index in [0.29, 0.717) is 31.6 Å². The van der Waals surface area contributed by atoms with E-state index in [2.05, 4.69) is 20.9 Å². The molecule has 2 aromatic rings. The highest BCUT2D eigenvalue weighted by Gasteiger charge is 2.37. The minimum absolute atomic E-state index is 0.213. The van der Waals surface area contributed by atoms with Crippen LogP contribution in [0.3, 0.4) is 0 Å². The highest BCUT2D eigenvalue weighted by molar-refractivity contribution is 9.10. The van der Waals surface area contributed by atoms with Gasteiger partial charge in [-0.15, -0.1) is 0 Å². The third-order valence-corrected chi connectivity index (χ3v) is 5.64. The van der Waals surface area contributed by atoms with E-state index in [0.717, 1.165) is 22.9 Å². The van der Waals surface area contributed by atoms with Crippen molar-refractivity contribution < 1.29 is 24.2 Å². The van der Waals surface area contributed by atoms with Crippen LogP contribution in [-0.2, 0) is 26.5 Å². The van der Waals surface area contributed by atoms with Crippen LogP contribution in [-0.4, -0.2) is 46.7 Å². The van der Waals surface area contributed by atoms with E-state index in [4.69, 9.17) is 14.6 Å². The standard InChI is InChI=1S/C22H25BrN2O5/c23-18-8-9-19(24-14-18)22(30-16-20(26)27)10-4-5-12-25(13-11-22)21(28)29-15-17-6-2-1-3-7-17/h1-3,6-9,14H,4-5,10-13,15-16H2,(H,26,27). The van der Waals surface area contributed by atoms with Gasteiger partial charge in [-0.1, -0.05) is 30.3 Å². The zero-order valence-corrected chi connectivity index (χ0v) is 18.2. The summed E-state index contributed by atoms with van der Waals surface area (Å²) in [5.41, 5.74) is 0.736. The van der Waals surface area contributed by atoms with Crippen molar-refractivity contribution in [2.75, 3.05) is 19.7 Å². The SMILES string of the molecule is O=C(O)COC1(c2ccc(Br)cn2)CCCCN(C(=O)OCc2ccccc2)CC1. The summed E-state index contributed by atoms with van der Waals surface area (Å²) in [6.45, 7) is 0.780. The predicted octanol–water partition coefficient (Wildman–Crippen LogP) is 4.35. The van der Waals surface area contributed by atoms with Gasteiger partial charge >= 0.3 is 12.1 Å². The number of carbonyl (C=O) groups excluding carboxylic acids is 1. The Morgan fingerprint density at radius 2 is 1.90 bits per heavy atom. The Balaban J connectivity index is 1.71. The van der Waals surface area contributed by atoms with Crippen molar-refractivity contribution >= 4 is 28.0 Å². The van der Waals surface area contributed by atoms with E-state index in [1.54, 1.807) is 11.1 Å². The number of carboxylic acid groups (broad SMARTS) is 1. The lowest BCUT2D eigenvalue weighted by Gasteiger charge is -2.37. The third-order valence-electron chi connectivity index (χ3n) is 5.17. The maximum absolute atomic E-state index is 12.6. The second kappa shape index (κ2) is 10.5. The molecule has 1 fully saturated rings. The molecule has 3 rings (SSSR count). The smallest absolute Gasteiger partial charge is 0.410 e. The minimum atomic E-state index is -1.03. The Morgan fingerprint density at radius 1 is 1.10 bits per heavy atom. The molecule has 1 unspecified atom stereocenters. The molecule has 0 bridgehead atoms. The number of amides is 1. The normalized spacial score (nSPS) is 19.6. The number of likely N-dealkylation sites (tertiary alicyclic amines) is 1. The fraction of sp³-hybridized carbons (Fsp3) is 0.409. The summed E-state index contributed by atoms with van der Waals surface area (Å²) in [6.07, 6.45) is 3.93. The summed E-state index contributed by atoms with van der Waals surface area (Å²) < 4.78 is 12.2. The number of carboxylic acids is 1. The molecule has 1 amide bonds. The van der Waals surface area contributed by atoms with Crippen LogP contribution in [0.1, 0.15) is 36.9 Å². The lowest BCUT2D eigenvalue weighted by atomic mass is 9.87. The zero-order chi connectivity index (χ0) is 21.4. The van der Waals surface area contributed by atoms with Gasteiger partial charge in [0.2, 0.25) is 0 Å². The Kier molecular flexibility index (Phi) is 7.81. The van der Waals surface area contributed by atoms with Crippen LogP contribution in [0.15, 0.2) is 53.1 Å². The van der Waals surface area contributed by atoms with Crippen LogP contribution in [0, 0.1) is 0 Å². The number of nitrogens with zero attached hydrogens (tertiary/aromatic N) is 2. The summed E-state index contributed by atoms with van der Waals surface area (Å²) in [4.78, 5) is 30.0. The van der Waals surface area contributed by atoms with E-state index >= 15 is 0 Å². The van der Waals surface area contributed by atoms with E-state index in [9.17, 15) is 9.59 Å². The number of carbonyl (C=O) groups is 2. The summed E-state index contributed by atoms with van der Waals surface area (Å²) in [7, 11) is 0. The third kappa shape index (κ3) is 6.03. The maximum Gasteiger partial charge on any atom is 0.410 e. The molecule has 1 aromatic carbocycles. The number of pyridine rings is 1. The number of halogens is 1. The molecule has 8 heteroatoms. The van der Waals surface area contributed by atoms with E-state index in [1.165, 1.54) is 0 Å². The molecule has 30 heavy (non-hydrogen) atoms. The van der Waals surface area contributed by atoms with Gasteiger partial charge in [0.1, 0.15) is 18.8 Å². The van der Waals surface area contributed by atoms with Gasteiger partial charge in [-0.3, -0.25) is 4.98 Å². The fourth-order valence-electron chi connectivity index (χ4n) is 3.58.